The summed E-state index contributed by atoms with van der Waals surface area (Å²) in [7, 11) is 0. The summed E-state index contributed by atoms with van der Waals surface area (Å²) in [5.74, 6) is -0.273. The van der Waals surface area contributed by atoms with E-state index in [9.17, 15) is 4.79 Å². The minimum absolute atomic E-state index is 0.123. The molecule has 2 saturated heterocycles. The van der Waals surface area contributed by atoms with E-state index in [1.807, 2.05) is 0 Å². The first-order valence-corrected chi connectivity index (χ1v) is 3.02. The van der Waals surface area contributed by atoms with Gasteiger partial charge in [-0.1, -0.05) is 0 Å². The number of hydrogen-bond donors (Lipinski definition) is 0. The Balaban J connectivity index is 2.17. The van der Waals surface area contributed by atoms with Crippen LogP contribution in [0, 0.1) is 5.92 Å². The zero-order valence-corrected chi connectivity index (χ0v) is 4.87. The van der Waals surface area contributed by atoms with Crippen molar-refractivity contribution in [3.05, 3.63) is 0 Å². The van der Waals surface area contributed by atoms with Crippen molar-refractivity contribution in [2.75, 3.05) is 13.2 Å². The third-order valence-electron chi connectivity index (χ3n) is 1.72. The van der Waals surface area contributed by atoms with E-state index >= 15 is 0 Å². The maximum absolute atomic E-state index is 11.0. The minimum Gasteiger partial charge on any atom is -0.352 e. The predicted octanol–water partition coefficient (Wildman–Crippen LogP) is -0.0517. The molecule has 0 saturated carbocycles. The van der Waals surface area contributed by atoms with E-state index in [-0.39, 0.29) is 11.7 Å². The van der Waals surface area contributed by atoms with Crippen molar-refractivity contribution in [1.29, 1.82) is 0 Å². The molecule has 2 aliphatic heterocycles. The molecule has 3 atom stereocenters. The number of ether oxygens (including phenoxy) is 2. The van der Waals surface area contributed by atoms with Crippen LogP contribution in [0.2, 0.25) is 0 Å². The summed E-state index contributed by atoms with van der Waals surface area (Å²) >= 11 is 0. The quantitative estimate of drug-likeness (QED) is 0.460. The van der Waals surface area contributed by atoms with Crippen LogP contribution in [0.25, 0.3) is 0 Å². The summed E-state index contributed by atoms with van der Waals surface area (Å²) in [4.78, 5) is 11.0. The Morgan fingerprint density at radius 1 is 1.67 bits per heavy atom. The van der Waals surface area contributed by atoms with E-state index in [4.69, 9.17) is 10.8 Å². The molecule has 3 heteroatoms. The van der Waals surface area contributed by atoms with Crippen molar-refractivity contribution < 1.29 is 15.6 Å². The van der Waals surface area contributed by atoms with Crippen molar-refractivity contribution in [3.8, 4) is 0 Å². The molecule has 1 unspecified atom stereocenters. The normalized spacial score (nSPS) is 51.3. The molecule has 0 aliphatic carbocycles. The van der Waals surface area contributed by atoms with Crippen LogP contribution in [-0.4, -0.2) is 25.3 Å². The summed E-state index contributed by atoms with van der Waals surface area (Å²) in [6.07, 6.45) is 0.314. The second-order valence-electron chi connectivity index (χ2n) is 2.29. The van der Waals surface area contributed by atoms with Gasteiger partial charge in [-0.25, -0.2) is 0 Å². The molecule has 0 amide bonds. The van der Waals surface area contributed by atoms with Crippen LogP contribution in [-0.2, 0) is 14.3 Å². The van der Waals surface area contributed by atoms with Gasteiger partial charge in [0.25, 0.3) is 0 Å². The number of fused-ring (bicyclic) bond motifs is 1. The van der Waals surface area contributed by atoms with Crippen LogP contribution in [0.5, 0.6) is 0 Å². The molecule has 50 valence electrons. The Kier molecular flexibility index (Phi) is 0.875. The van der Waals surface area contributed by atoms with Crippen molar-refractivity contribution in [2.45, 2.75) is 12.7 Å². The predicted molar refractivity (Wildman–Crippen MR) is 28.8 cm³/mol. The summed E-state index contributed by atoms with van der Waals surface area (Å²) in [6, 6.07) is 0. The number of ketones is 1. The van der Waals surface area contributed by atoms with Gasteiger partial charge in [-0.15, -0.1) is 0 Å². The average Bonchev–Trinajstić information content (AvgIpc) is 2.41. The molecule has 2 rings (SSSR count). The Labute approximate surface area is 54.3 Å². The van der Waals surface area contributed by atoms with E-state index in [2.05, 4.69) is 0 Å². The van der Waals surface area contributed by atoms with Gasteiger partial charge in [0.05, 0.1) is 13.9 Å². The largest absolute Gasteiger partial charge is 0.352 e. The second kappa shape index (κ2) is 1.78. The molecule has 2 aliphatic rings. The Morgan fingerprint density at radius 2 is 2.56 bits per heavy atom. The zero-order chi connectivity index (χ0) is 7.14. The molecule has 2 heterocycles. The lowest BCUT2D eigenvalue weighted by Crippen LogP contribution is -2.13. The van der Waals surface area contributed by atoms with Crippen LogP contribution in [0.3, 0.4) is 0 Å². The number of hydrogen-bond acceptors (Lipinski definition) is 3. The molecule has 0 aromatic heterocycles. The highest BCUT2D eigenvalue weighted by Gasteiger charge is 2.40. The maximum Gasteiger partial charge on any atom is 0.168 e. The Bertz CT molecular complexity index is 170. The fraction of sp³-hybridized carbons (Fsp3) is 0.833. The van der Waals surface area contributed by atoms with Gasteiger partial charge in [0.2, 0.25) is 0 Å². The van der Waals surface area contributed by atoms with Gasteiger partial charge in [-0.2, -0.15) is 0 Å². The van der Waals surface area contributed by atoms with Gasteiger partial charge in [0.1, 0.15) is 6.58 Å². The van der Waals surface area contributed by atoms with Crippen LogP contribution < -0.4 is 0 Å². The first-order valence-electron chi connectivity index (χ1n) is 3.60. The summed E-state index contributed by atoms with van der Waals surface area (Å²) < 4.78 is 17.0. The highest BCUT2D eigenvalue weighted by molar-refractivity contribution is 5.84. The van der Waals surface area contributed by atoms with Gasteiger partial charge >= 0.3 is 0 Å². The maximum atomic E-state index is 11.0. The van der Waals surface area contributed by atoms with E-state index in [0.717, 1.165) is 6.42 Å². The van der Waals surface area contributed by atoms with Crippen LogP contribution in [0.15, 0.2) is 0 Å². The molecule has 0 spiro atoms. The van der Waals surface area contributed by atoms with E-state index < -0.39 is 12.9 Å². The first-order chi connectivity index (χ1) is 4.79. The zero-order valence-electron chi connectivity index (χ0n) is 5.87. The summed E-state index contributed by atoms with van der Waals surface area (Å²) in [6.45, 7) is -0.399. The van der Waals surface area contributed by atoms with E-state index in [1.165, 1.54) is 0 Å². The van der Waals surface area contributed by atoms with Gasteiger partial charge < -0.3 is 9.47 Å². The van der Waals surface area contributed by atoms with Crippen LogP contribution in [0.4, 0.5) is 0 Å². The molecule has 0 aromatic carbocycles. The molecule has 3 nitrogen and oxygen atoms in total. The third kappa shape index (κ3) is 0.686. The average molecular weight is 129 g/mol. The lowest BCUT2D eigenvalue weighted by atomic mass is 10.1. The smallest absolute Gasteiger partial charge is 0.168 e. The van der Waals surface area contributed by atoms with Crippen molar-refractivity contribution in [1.82, 2.24) is 0 Å². The van der Waals surface area contributed by atoms with Crippen LogP contribution >= 0.6 is 0 Å². The topological polar surface area (TPSA) is 35.5 Å². The molecule has 0 radical (unpaired) electrons. The molecule has 0 N–H and O–H groups in total. The third-order valence-corrected chi connectivity index (χ3v) is 1.72. The Morgan fingerprint density at radius 3 is 3.33 bits per heavy atom. The van der Waals surface area contributed by atoms with Gasteiger partial charge in [-0.3, -0.25) is 4.79 Å². The second-order valence-corrected chi connectivity index (χ2v) is 2.29. The summed E-state index contributed by atoms with van der Waals surface area (Å²) in [5, 5.41) is 0. The number of carbonyl (C=O) groups excluding carboxylic acids is 1. The van der Waals surface area contributed by atoms with Crippen molar-refractivity contribution in [2.24, 2.45) is 5.92 Å². The lowest BCUT2D eigenvalue weighted by Gasteiger charge is -2.02. The van der Waals surface area contributed by atoms with Gasteiger partial charge in [0.15, 0.2) is 12.1 Å². The molecular formula is C6H8O3. The van der Waals surface area contributed by atoms with E-state index in [1.54, 1.807) is 0 Å². The minimum atomic E-state index is -0.990. The molecule has 0 aromatic rings. The fourth-order valence-corrected chi connectivity index (χ4v) is 1.20. The molecule has 9 heavy (non-hydrogen) atoms. The fourth-order valence-electron chi connectivity index (χ4n) is 1.20. The highest BCUT2D eigenvalue weighted by atomic mass is 16.7. The van der Waals surface area contributed by atoms with Crippen molar-refractivity contribution >= 4 is 5.78 Å². The monoisotopic (exact) mass is 129 g/mol. The van der Waals surface area contributed by atoms with Crippen LogP contribution in [0.1, 0.15) is 7.79 Å². The summed E-state index contributed by atoms with van der Waals surface area (Å²) in [5.41, 5.74) is 0. The SMILES string of the molecule is [2H]C1O[C@H]2OCC[C@H]2C1=O. The molecule has 0 bridgehead atoms. The van der Waals surface area contributed by atoms with E-state index in [0.29, 0.717) is 6.61 Å². The Hall–Kier alpha value is -0.410. The highest BCUT2D eigenvalue weighted by Crippen LogP contribution is 2.27. The lowest BCUT2D eigenvalue weighted by molar-refractivity contribution is -0.120. The molecular weight excluding hydrogens is 120 g/mol. The van der Waals surface area contributed by atoms with Gasteiger partial charge in [0, 0.05) is 0 Å². The number of Topliss-reactive ketones (excluding diaryl/α,β-unsaturated/α-hetero) is 1. The first kappa shape index (κ1) is 4.41. The number of rotatable bonds is 0. The van der Waals surface area contributed by atoms with Crippen molar-refractivity contribution in [3.63, 3.8) is 0 Å². The standard InChI is InChI=1S/C6H8O3/c7-5-3-9-6-4(5)1-2-8-6/h4,6H,1-3H2/t4-,6+/m0/s1/i3D/t3?,4-,6+. The van der Waals surface area contributed by atoms with Gasteiger partial charge in [-0.05, 0) is 6.42 Å². The molecule has 2 fully saturated rings. The number of carbonyl (C=O) groups is 1.